The molecule has 0 aliphatic carbocycles. The second-order valence-corrected chi connectivity index (χ2v) is 6.92. The van der Waals surface area contributed by atoms with E-state index in [9.17, 15) is 9.90 Å². The van der Waals surface area contributed by atoms with Crippen molar-refractivity contribution in [3.63, 3.8) is 0 Å². The van der Waals surface area contributed by atoms with Gasteiger partial charge in [-0.2, -0.15) is 0 Å². The highest BCUT2D eigenvalue weighted by Crippen LogP contribution is 2.37. The predicted molar refractivity (Wildman–Crippen MR) is 83.6 cm³/mol. The first-order chi connectivity index (χ1) is 10.2. The van der Waals surface area contributed by atoms with Gasteiger partial charge in [0.05, 0.1) is 9.75 Å². The maximum atomic E-state index is 12.7. The Hall–Kier alpha value is -1.21. The molecule has 112 valence electrons. The lowest BCUT2D eigenvalue weighted by molar-refractivity contribution is -0.168. The first kappa shape index (κ1) is 14.7. The molecule has 1 saturated heterocycles. The number of carbonyl (C=O) groups is 1. The molecule has 1 fully saturated rings. The highest BCUT2D eigenvalue weighted by Gasteiger charge is 2.44. The van der Waals surface area contributed by atoms with E-state index >= 15 is 0 Å². The lowest BCUT2D eigenvalue weighted by Crippen LogP contribution is -2.42. The Morgan fingerprint density at radius 1 is 1.19 bits per heavy atom. The van der Waals surface area contributed by atoms with E-state index in [1.165, 1.54) is 22.7 Å². The second kappa shape index (κ2) is 6.27. The van der Waals surface area contributed by atoms with Crippen LogP contribution in [0.2, 0.25) is 0 Å². The largest absolute Gasteiger partial charge is 0.460 e. The summed E-state index contributed by atoms with van der Waals surface area (Å²) in [4.78, 5) is 13.9. The molecule has 0 bridgehead atoms. The highest BCUT2D eigenvalue weighted by atomic mass is 32.1. The van der Waals surface area contributed by atoms with Crippen molar-refractivity contribution in [3.8, 4) is 0 Å². The van der Waals surface area contributed by atoms with E-state index in [4.69, 9.17) is 4.74 Å². The van der Waals surface area contributed by atoms with Crippen molar-refractivity contribution in [1.82, 2.24) is 5.32 Å². The van der Waals surface area contributed by atoms with Crippen molar-refractivity contribution >= 4 is 28.6 Å². The maximum absolute atomic E-state index is 12.7. The fourth-order valence-corrected chi connectivity index (χ4v) is 4.16. The zero-order valence-corrected chi connectivity index (χ0v) is 13.1. The van der Waals surface area contributed by atoms with E-state index in [0.29, 0.717) is 9.75 Å². The van der Waals surface area contributed by atoms with Gasteiger partial charge in [0.25, 0.3) is 0 Å². The second-order valence-electron chi connectivity index (χ2n) is 5.02. The van der Waals surface area contributed by atoms with Gasteiger partial charge >= 0.3 is 5.97 Å². The van der Waals surface area contributed by atoms with Crippen molar-refractivity contribution in [2.75, 3.05) is 13.1 Å². The Kier molecular flexibility index (Phi) is 4.40. The van der Waals surface area contributed by atoms with E-state index in [1.54, 1.807) is 12.1 Å². The summed E-state index contributed by atoms with van der Waals surface area (Å²) in [5.74, 6) is -0.570. The van der Waals surface area contributed by atoms with Crippen LogP contribution in [-0.4, -0.2) is 30.3 Å². The molecule has 0 aromatic carbocycles. The van der Waals surface area contributed by atoms with Gasteiger partial charge in [-0.15, -0.1) is 22.7 Å². The first-order valence-electron chi connectivity index (χ1n) is 6.93. The molecule has 0 radical (unpaired) electrons. The molecule has 0 spiro atoms. The SMILES string of the molecule is O=C(OC1CCNCC1)C(O)(c1cccs1)c1cccs1. The summed E-state index contributed by atoms with van der Waals surface area (Å²) in [6.07, 6.45) is 1.46. The minimum Gasteiger partial charge on any atom is -0.460 e. The molecule has 1 aliphatic rings. The van der Waals surface area contributed by atoms with Gasteiger partial charge in [-0.1, -0.05) is 12.1 Å². The zero-order chi connectivity index (χ0) is 14.7. The number of rotatable bonds is 4. The van der Waals surface area contributed by atoms with Gasteiger partial charge in [0.2, 0.25) is 5.60 Å². The number of ether oxygens (including phenoxy) is 1. The van der Waals surface area contributed by atoms with Gasteiger partial charge < -0.3 is 15.2 Å². The number of aliphatic hydroxyl groups is 1. The minimum atomic E-state index is -1.69. The molecule has 6 heteroatoms. The molecule has 2 aromatic rings. The Morgan fingerprint density at radius 2 is 1.76 bits per heavy atom. The maximum Gasteiger partial charge on any atom is 0.349 e. The van der Waals surface area contributed by atoms with Crippen LogP contribution < -0.4 is 5.32 Å². The molecule has 3 rings (SSSR count). The third kappa shape index (κ3) is 2.89. The lowest BCUT2D eigenvalue weighted by Gasteiger charge is -2.29. The van der Waals surface area contributed by atoms with E-state index in [0.717, 1.165) is 25.9 Å². The fourth-order valence-electron chi connectivity index (χ4n) is 2.44. The average Bonchev–Trinajstić information content (AvgIpc) is 3.21. The molecular weight excluding hydrogens is 306 g/mol. The van der Waals surface area contributed by atoms with Gasteiger partial charge in [0, 0.05) is 0 Å². The highest BCUT2D eigenvalue weighted by molar-refractivity contribution is 7.12. The molecule has 4 nitrogen and oxygen atoms in total. The monoisotopic (exact) mass is 323 g/mol. The van der Waals surface area contributed by atoms with Crippen LogP contribution in [0.25, 0.3) is 0 Å². The molecule has 21 heavy (non-hydrogen) atoms. The molecule has 2 aromatic heterocycles. The average molecular weight is 323 g/mol. The van der Waals surface area contributed by atoms with E-state index < -0.39 is 11.6 Å². The molecule has 2 N–H and O–H groups in total. The summed E-state index contributed by atoms with van der Waals surface area (Å²) in [6, 6.07) is 7.20. The van der Waals surface area contributed by atoms with Crippen LogP contribution in [-0.2, 0) is 15.1 Å². The number of piperidine rings is 1. The van der Waals surface area contributed by atoms with Crippen molar-refractivity contribution < 1.29 is 14.6 Å². The predicted octanol–water partition coefficient (Wildman–Crippen LogP) is 2.34. The summed E-state index contributed by atoms with van der Waals surface area (Å²) in [6.45, 7) is 1.68. The summed E-state index contributed by atoms with van der Waals surface area (Å²) in [5, 5.41) is 18.0. The van der Waals surface area contributed by atoms with Crippen LogP contribution in [0.5, 0.6) is 0 Å². The number of thiophene rings is 2. The van der Waals surface area contributed by atoms with Crippen molar-refractivity contribution in [2.24, 2.45) is 0 Å². The summed E-state index contributed by atoms with van der Waals surface area (Å²) < 4.78 is 5.59. The summed E-state index contributed by atoms with van der Waals surface area (Å²) in [5.41, 5.74) is -1.69. The number of hydrogen-bond acceptors (Lipinski definition) is 6. The number of esters is 1. The van der Waals surface area contributed by atoms with Gasteiger partial charge in [0.1, 0.15) is 6.10 Å². The van der Waals surface area contributed by atoms with Gasteiger partial charge in [-0.25, -0.2) is 4.79 Å². The van der Waals surface area contributed by atoms with E-state index in [2.05, 4.69) is 5.32 Å². The zero-order valence-electron chi connectivity index (χ0n) is 11.5. The smallest absolute Gasteiger partial charge is 0.349 e. The van der Waals surface area contributed by atoms with Crippen LogP contribution in [0.3, 0.4) is 0 Å². The number of nitrogens with one attached hydrogen (secondary N) is 1. The van der Waals surface area contributed by atoms with Gasteiger partial charge in [-0.05, 0) is 48.8 Å². The minimum absolute atomic E-state index is 0.120. The quantitative estimate of drug-likeness (QED) is 0.848. The Labute approximate surface area is 131 Å². The van der Waals surface area contributed by atoms with Crippen LogP contribution in [0, 0.1) is 0 Å². The van der Waals surface area contributed by atoms with Crippen molar-refractivity contribution in [1.29, 1.82) is 0 Å². The molecule has 0 unspecified atom stereocenters. The molecule has 0 amide bonds. The van der Waals surface area contributed by atoms with Crippen molar-refractivity contribution in [3.05, 3.63) is 44.8 Å². The van der Waals surface area contributed by atoms with Crippen molar-refractivity contribution in [2.45, 2.75) is 24.5 Å². The topological polar surface area (TPSA) is 58.6 Å². The van der Waals surface area contributed by atoms with Crippen LogP contribution in [0.4, 0.5) is 0 Å². The Morgan fingerprint density at radius 3 is 2.24 bits per heavy atom. The summed E-state index contributed by atoms with van der Waals surface area (Å²) in [7, 11) is 0. The van der Waals surface area contributed by atoms with Crippen LogP contribution >= 0.6 is 22.7 Å². The molecule has 0 saturated carbocycles. The Bertz CT molecular complexity index is 540. The molecule has 3 heterocycles. The van der Waals surface area contributed by atoms with Crippen LogP contribution in [0.15, 0.2) is 35.0 Å². The van der Waals surface area contributed by atoms with Crippen LogP contribution in [0.1, 0.15) is 22.6 Å². The standard InChI is InChI=1S/C15H17NO3S2/c17-14(19-11-5-7-16-8-6-11)15(18,12-3-1-9-20-12)13-4-2-10-21-13/h1-4,9-11,16,18H,5-8H2. The van der Waals surface area contributed by atoms with Gasteiger partial charge in [-0.3, -0.25) is 0 Å². The fraction of sp³-hybridized carbons (Fsp3) is 0.400. The van der Waals surface area contributed by atoms with E-state index in [-0.39, 0.29) is 6.10 Å². The molecule has 1 aliphatic heterocycles. The lowest BCUT2D eigenvalue weighted by atomic mass is 9.99. The molecule has 0 atom stereocenters. The van der Waals surface area contributed by atoms with E-state index in [1.807, 2.05) is 22.9 Å². The Balaban J connectivity index is 1.87. The molecular formula is C15H17NO3S2. The number of hydrogen-bond donors (Lipinski definition) is 2. The normalized spacial score (nSPS) is 16.8. The third-order valence-electron chi connectivity index (χ3n) is 3.61. The summed E-state index contributed by atoms with van der Waals surface area (Å²) >= 11 is 2.72. The first-order valence-corrected chi connectivity index (χ1v) is 8.69. The third-order valence-corrected chi connectivity index (χ3v) is 5.57. The van der Waals surface area contributed by atoms with Gasteiger partial charge in [0.15, 0.2) is 0 Å². The number of carbonyl (C=O) groups excluding carboxylic acids is 1.